The lowest BCUT2D eigenvalue weighted by Gasteiger charge is -2.18. The van der Waals surface area contributed by atoms with Gasteiger partial charge in [0.2, 0.25) is 0 Å². The van der Waals surface area contributed by atoms with Gasteiger partial charge in [0.25, 0.3) is 5.91 Å². The highest BCUT2D eigenvalue weighted by Gasteiger charge is 2.38. The number of halogens is 4. The summed E-state index contributed by atoms with van der Waals surface area (Å²) in [6.07, 6.45) is -4.09. The fourth-order valence-corrected chi connectivity index (χ4v) is 1.26. The maximum absolute atomic E-state index is 12.5. The zero-order valence-corrected chi connectivity index (χ0v) is 11.1. The Bertz CT molecular complexity index is 533. The molecule has 1 atom stereocenters. The molecule has 10 heteroatoms. The first-order valence-corrected chi connectivity index (χ1v) is 5.90. The van der Waals surface area contributed by atoms with E-state index in [9.17, 15) is 23.1 Å². The van der Waals surface area contributed by atoms with E-state index in [1.54, 1.807) is 0 Å². The predicted octanol–water partition coefficient (Wildman–Crippen LogP) is 0.990. The number of amides is 1. The van der Waals surface area contributed by atoms with Crippen LogP contribution in [0.4, 0.5) is 13.2 Å². The largest absolute Gasteiger partial charge is 0.436 e. The standard InChI is InChI=1S/C9H8BrF3N4O2/c1-8(19,4-10)7(18)16-17-3-5(2-14)6(15-17)9(11,12)13/h3,19H,4H2,1H3,(H,16,18)/t8-/m0/s1. The Kier molecular flexibility index (Phi) is 4.21. The van der Waals surface area contributed by atoms with Crippen molar-refractivity contribution < 1.29 is 23.1 Å². The molecule has 0 saturated heterocycles. The number of nitriles is 1. The minimum atomic E-state index is -4.81. The molecule has 0 aliphatic heterocycles. The Balaban J connectivity index is 3.03. The fourth-order valence-electron chi connectivity index (χ4n) is 1.01. The Labute approximate surface area is 113 Å². The molecule has 104 valence electrons. The van der Waals surface area contributed by atoms with E-state index in [2.05, 4.69) is 21.0 Å². The fraction of sp³-hybridized carbons (Fsp3) is 0.444. The third-order valence-corrected chi connectivity index (χ3v) is 3.16. The van der Waals surface area contributed by atoms with E-state index in [4.69, 9.17) is 5.26 Å². The van der Waals surface area contributed by atoms with Gasteiger partial charge >= 0.3 is 6.18 Å². The molecule has 0 fully saturated rings. The number of hydrogen-bond acceptors (Lipinski definition) is 4. The Hall–Kier alpha value is -1.60. The number of carbonyl (C=O) groups excluding carboxylic acids is 1. The molecule has 1 aromatic rings. The van der Waals surface area contributed by atoms with Crippen molar-refractivity contribution in [3.8, 4) is 6.07 Å². The summed E-state index contributed by atoms with van der Waals surface area (Å²) in [5, 5.41) is 21.1. The molecule has 1 rings (SSSR count). The highest BCUT2D eigenvalue weighted by Crippen LogP contribution is 2.30. The zero-order chi connectivity index (χ0) is 14.8. The first-order chi connectivity index (χ1) is 8.61. The van der Waals surface area contributed by atoms with Crippen LogP contribution in [0.1, 0.15) is 18.2 Å². The average Bonchev–Trinajstić information content (AvgIpc) is 2.71. The van der Waals surface area contributed by atoms with Crippen molar-refractivity contribution >= 4 is 21.8 Å². The lowest BCUT2D eigenvalue weighted by atomic mass is 10.1. The number of aromatic nitrogens is 2. The first-order valence-electron chi connectivity index (χ1n) is 4.78. The summed E-state index contributed by atoms with van der Waals surface area (Å²) in [5.74, 6) is -0.968. The highest BCUT2D eigenvalue weighted by molar-refractivity contribution is 9.09. The second-order valence-electron chi connectivity index (χ2n) is 3.79. The van der Waals surface area contributed by atoms with Crippen LogP contribution in [0.5, 0.6) is 0 Å². The van der Waals surface area contributed by atoms with Gasteiger partial charge in [-0.15, -0.1) is 5.10 Å². The zero-order valence-electron chi connectivity index (χ0n) is 9.49. The van der Waals surface area contributed by atoms with Crippen molar-refractivity contribution in [2.45, 2.75) is 18.7 Å². The van der Waals surface area contributed by atoms with Gasteiger partial charge in [0, 0.05) is 5.33 Å². The van der Waals surface area contributed by atoms with Gasteiger partial charge in [-0.3, -0.25) is 4.79 Å². The van der Waals surface area contributed by atoms with Crippen LogP contribution in [0.2, 0.25) is 0 Å². The summed E-state index contributed by atoms with van der Waals surface area (Å²) in [7, 11) is 0. The van der Waals surface area contributed by atoms with Gasteiger partial charge in [-0.1, -0.05) is 15.9 Å². The highest BCUT2D eigenvalue weighted by atomic mass is 79.9. The van der Waals surface area contributed by atoms with Crippen LogP contribution < -0.4 is 5.43 Å². The van der Waals surface area contributed by atoms with E-state index in [0.29, 0.717) is 11.0 Å². The van der Waals surface area contributed by atoms with Crippen LogP contribution in [0.25, 0.3) is 0 Å². The minimum absolute atomic E-state index is 0.121. The van der Waals surface area contributed by atoms with Crippen LogP contribution in [0.3, 0.4) is 0 Å². The molecule has 19 heavy (non-hydrogen) atoms. The maximum Gasteiger partial charge on any atom is 0.436 e. The van der Waals surface area contributed by atoms with Gasteiger partial charge in [-0.2, -0.15) is 23.2 Å². The molecule has 0 spiro atoms. The molecule has 0 aromatic carbocycles. The van der Waals surface area contributed by atoms with Gasteiger partial charge in [-0.05, 0) is 6.92 Å². The lowest BCUT2D eigenvalue weighted by Crippen LogP contribution is -2.44. The van der Waals surface area contributed by atoms with Crippen molar-refractivity contribution in [2.75, 3.05) is 10.8 Å². The number of alkyl halides is 4. The molecule has 1 heterocycles. The molecule has 6 nitrogen and oxygen atoms in total. The van der Waals surface area contributed by atoms with Gasteiger partial charge in [0.15, 0.2) is 11.3 Å². The molecule has 0 unspecified atom stereocenters. The number of rotatable bonds is 3. The van der Waals surface area contributed by atoms with Crippen LogP contribution in [-0.4, -0.2) is 31.8 Å². The maximum atomic E-state index is 12.5. The predicted molar refractivity (Wildman–Crippen MR) is 60.7 cm³/mol. The SMILES string of the molecule is C[C@](O)(CBr)C(=O)Nn1cc(C#N)c(C(F)(F)F)n1. The molecule has 1 aromatic heterocycles. The van der Waals surface area contributed by atoms with Gasteiger partial charge < -0.3 is 5.11 Å². The van der Waals surface area contributed by atoms with Gasteiger partial charge in [0.05, 0.1) is 6.20 Å². The topological polar surface area (TPSA) is 90.9 Å². The minimum Gasteiger partial charge on any atom is -0.379 e. The van der Waals surface area contributed by atoms with Crippen LogP contribution >= 0.6 is 15.9 Å². The number of carbonyl (C=O) groups is 1. The normalized spacial score (nSPS) is 14.6. The summed E-state index contributed by atoms with van der Waals surface area (Å²) < 4.78 is 37.5. The van der Waals surface area contributed by atoms with E-state index in [1.807, 2.05) is 5.43 Å². The first kappa shape index (κ1) is 15.5. The Morgan fingerprint density at radius 2 is 2.26 bits per heavy atom. The van der Waals surface area contributed by atoms with Crippen molar-refractivity contribution in [2.24, 2.45) is 0 Å². The third kappa shape index (κ3) is 3.45. The molecule has 0 bridgehead atoms. The van der Waals surface area contributed by atoms with Crippen molar-refractivity contribution in [1.82, 2.24) is 9.89 Å². The molecule has 0 aliphatic rings. The van der Waals surface area contributed by atoms with Crippen molar-refractivity contribution in [3.05, 3.63) is 17.5 Å². The summed E-state index contributed by atoms with van der Waals surface area (Å²) >= 11 is 2.88. The second-order valence-corrected chi connectivity index (χ2v) is 4.35. The number of nitrogens with zero attached hydrogens (tertiary/aromatic N) is 3. The van der Waals surface area contributed by atoms with Crippen molar-refractivity contribution in [1.29, 1.82) is 5.26 Å². The quantitative estimate of drug-likeness (QED) is 0.803. The monoisotopic (exact) mass is 340 g/mol. The molecular weight excluding hydrogens is 333 g/mol. The summed E-state index contributed by atoms with van der Waals surface area (Å²) in [5.41, 5.74) is -2.03. The van der Waals surface area contributed by atoms with Gasteiger partial charge in [-0.25, -0.2) is 5.43 Å². The molecule has 0 saturated carbocycles. The van der Waals surface area contributed by atoms with Crippen LogP contribution in [-0.2, 0) is 11.0 Å². The number of hydrogen-bond donors (Lipinski definition) is 2. The molecular formula is C9H8BrF3N4O2. The summed E-state index contributed by atoms with van der Waals surface area (Å²) in [6, 6.07) is 1.32. The molecule has 0 aliphatic carbocycles. The average molecular weight is 341 g/mol. The smallest absolute Gasteiger partial charge is 0.379 e. The summed E-state index contributed by atoms with van der Waals surface area (Å²) in [6.45, 7) is 1.16. The van der Waals surface area contributed by atoms with Crippen LogP contribution in [0.15, 0.2) is 6.20 Å². The van der Waals surface area contributed by atoms with E-state index in [1.165, 1.54) is 6.07 Å². The van der Waals surface area contributed by atoms with Crippen molar-refractivity contribution in [3.63, 3.8) is 0 Å². The molecule has 1 amide bonds. The van der Waals surface area contributed by atoms with Gasteiger partial charge in [0.1, 0.15) is 11.6 Å². The van der Waals surface area contributed by atoms with E-state index in [-0.39, 0.29) is 5.33 Å². The number of nitrogens with one attached hydrogen (secondary N) is 1. The summed E-state index contributed by atoms with van der Waals surface area (Å²) in [4.78, 5) is 12.0. The third-order valence-electron chi connectivity index (χ3n) is 2.07. The molecule has 2 N–H and O–H groups in total. The molecule has 0 radical (unpaired) electrons. The van der Waals surface area contributed by atoms with Crippen LogP contribution in [0, 0.1) is 11.3 Å². The second kappa shape index (κ2) is 5.18. The Morgan fingerprint density at radius 3 is 2.63 bits per heavy atom. The Morgan fingerprint density at radius 1 is 1.68 bits per heavy atom. The van der Waals surface area contributed by atoms with E-state index >= 15 is 0 Å². The van der Waals surface area contributed by atoms with E-state index < -0.39 is 28.9 Å². The lowest BCUT2D eigenvalue weighted by molar-refractivity contribution is -0.142. The van der Waals surface area contributed by atoms with E-state index in [0.717, 1.165) is 6.92 Å². The number of aliphatic hydroxyl groups is 1.